The van der Waals surface area contributed by atoms with Gasteiger partial charge in [0.1, 0.15) is 13.2 Å². The quantitative estimate of drug-likeness (QED) is 0.468. The molecule has 1 fully saturated rings. The van der Waals surface area contributed by atoms with E-state index in [9.17, 15) is 25.0 Å². The number of nitro groups is 2. The number of benzene rings is 1. The lowest BCUT2D eigenvalue weighted by Crippen LogP contribution is -3.13. The van der Waals surface area contributed by atoms with Crippen molar-refractivity contribution < 1.29 is 24.3 Å². The first-order valence-electron chi connectivity index (χ1n) is 7.42. The van der Waals surface area contributed by atoms with Crippen LogP contribution in [0.15, 0.2) is 18.2 Å². The fourth-order valence-corrected chi connectivity index (χ4v) is 2.60. The van der Waals surface area contributed by atoms with E-state index in [0.29, 0.717) is 6.54 Å². The first kappa shape index (κ1) is 16.8. The third kappa shape index (κ3) is 4.71. The van der Waals surface area contributed by atoms with Gasteiger partial charge < -0.3 is 9.64 Å². The highest BCUT2D eigenvalue weighted by molar-refractivity contribution is 5.91. The molecule has 0 atom stereocenters. The molecule has 1 aliphatic heterocycles. The molecule has 0 aliphatic carbocycles. The van der Waals surface area contributed by atoms with E-state index in [1.165, 1.54) is 11.3 Å². The number of hydrogen-bond acceptors (Lipinski definition) is 6. The summed E-state index contributed by atoms with van der Waals surface area (Å²) in [6.45, 7) is 2.94. The van der Waals surface area contributed by atoms with Gasteiger partial charge in [0, 0.05) is 12.1 Å². The summed E-state index contributed by atoms with van der Waals surface area (Å²) >= 11 is 0. The van der Waals surface area contributed by atoms with Gasteiger partial charge in [-0.2, -0.15) is 0 Å². The summed E-state index contributed by atoms with van der Waals surface area (Å²) in [6, 6.07) is 2.79. The van der Waals surface area contributed by atoms with Gasteiger partial charge in [-0.15, -0.1) is 0 Å². The number of nitrogens with zero attached hydrogens (tertiary/aromatic N) is 2. The maximum Gasteiger partial charge on any atom is 0.338 e. The zero-order valence-electron chi connectivity index (χ0n) is 12.5. The number of nitro benzene ring substituents is 2. The molecule has 1 saturated heterocycles. The number of ether oxygens (including phenoxy) is 1. The highest BCUT2D eigenvalue weighted by Gasteiger charge is 2.21. The molecular formula is C14H18N3O6+. The Balaban J connectivity index is 2.00. The number of non-ortho nitro benzene ring substituents is 2. The smallest absolute Gasteiger partial charge is 0.338 e. The summed E-state index contributed by atoms with van der Waals surface area (Å²) in [5.74, 6) is -0.784. The third-order valence-electron chi connectivity index (χ3n) is 3.81. The zero-order chi connectivity index (χ0) is 16.8. The summed E-state index contributed by atoms with van der Waals surface area (Å²) < 4.78 is 5.10. The Kier molecular flexibility index (Phi) is 5.58. The van der Waals surface area contributed by atoms with Crippen molar-refractivity contribution in [2.24, 2.45) is 0 Å². The predicted octanol–water partition coefficient (Wildman–Crippen LogP) is 0.729. The monoisotopic (exact) mass is 324 g/mol. The minimum atomic E-state index is -0.784. The van der Waals surface area contributed by atoms with Gasteiger partial charge in [0.25, 0.3) is 11.4 Å². The molecule has 1 aromatic rings. The van der Waals surface area contributed by atoms with Crippen LogP contribution in [0.3, 0.4) is 0 Å². The minimum absolute atomic E-state index is 0.181. The largest absolute Gasteiger partial charge is 0.456 e. The predicted molar refractivity (Wildman–Crippen MR) is 79.4 cm³/mol. The topological polar surface area (TPSA) is 117 Å². The SMILES string of the molecule is O=C(OCC[NH+]1CCCCC1)c1cc([N+](=O)[O-])cc([N+](=O)[O-])c1. The summed E-state index contributed by atoms with van der Waals surface area (Å²) in [7, 11) is 0. The average Bonchev–Trinajstić information content (AvgIpc) is 2.55. The molecule has 1 heterocycles. The molecule has 1 aromatic carbocycles. The van der Waals surface area contributed by atoms with Crippen LogP contribution in [0.25, 0.3) is 0 Å². The maximum atomic E-state index is 12.0. The number of piperidine rings is 1. The Bertz CT molecular complexity index is 580. The van der Waals surface area contributed by atoms with Crippen LogP contribution in [-0.2, 0) is 4.74 Å². The van der Waals surface area contributed by atoms with Crippen molar-refractivity contribution >= 4 is 17.3 Å². The van der Waals surface area contributed by atoms with Gasteiger partial charge in [-0.1, -0.05) is 0 Å². The Labute approximate surface area is 132 Å². The second kappa shape index (κ2) is 7.63. The number of likely N-dealkylation sites (tertiary alicyclic amines) is 1. The zero-order valence-corrected chi connectivity index (χ0v) is 12.5. The standard InChI is InChI=1S/C14H17N3O6/c18-14(23-7-6-15-4-2-1-3-5-15)11-8-12(16(19)20)10-13(9-11)17(21)22/h8-10H,1-7H2/p+1. The van der Waals surface area contributed by atoms with Crippen LogP contribution in [-0.4, -0.2) is 42.1 Å². The number of nitrogens with one attached hydrogen (secondary N) is 1. The van der Waals surface area contributed by atoms with Gasteiger partial charge in [-0.05, 0) is 19.3 Å². The van der Waals surface area contributed by atoms with Gasteiger partial charge in [0.15, 0.2) is 0 Å². The molecule has 0 saturated carbocycles. The second-order valence-electron chi connectivity index (χ2n) is 5.45. The van der Waals surface area contributed by atoms with E-state index in [1.807, 2.05) is 0 Å². The van der Waals surface area contributed by atoms with Crippen LogP contribution < -0.4 is 4.90 Å². The molecule has 0 spiro atoms. The highest BCUT2D eigenvalue weighted by Crippen LogP contribution is 2.23. The number of rotatable bonds is 6. The van der Waals surface area contributed by atoms with E-state index in [4.69, 9.17) is 4.74 Å². The van der Waals surface area contributed by atoms with Gasteiger partial charge in [0.2, 0.25) is 0 Å². The lowest BCUT2D eigenvalue weighted by Gasteiger charge is -2.23. The van der Waals surface area contributed by atoms with Gasteiger partial charge in [-0.25, -0.2) is 4.79 Å². The fraction of sp³-hybridized carbons (Fsp3) is 0.500. The normalized spacial score (nSPS) is 15.1. The summed E-state index contributed by atoms with van der Waals surface area (Å²) in [4.78, 5) is 33.4. The van der Waals surface area contributed by atoms with Crippen molar-refractivity contribution in [3.8, 4) is 0 Å². The van der Waals surface area contributed by atoms with E-state index in [0.717, 1.165) is 44.1 Å². The molecule has 1 N–H and O–H groups in total. The Morgan fingerprint density at radius 2 is 1.61 bits per heavy atom. The van der Waals surface area contributed by atoms with Crippen molar-refractivity contribution in [1.82, 2.24) is 0 Å². The van der Waals surface area contributed by atoms with E-state index in [-0.39, 0.29) is 12.2 Å². The van der Waals surface area contributed by atoms with E-state index in [2.05, 4.69) is 0 Å². The van der Waals surface area contributed by atoms with Crippen molar-refractivity contribution in [3.05, 3.63) is 44.0 Å². The number of carbonyl (C=O) groups is 1. The van der Waals surface area contributed by atoms with Crippen molar-refractivity contribution in [1.29, 1.82) is 0 Å². The number of hydrogen-bond donors (Lipinski definition) is 1. The Morgan fingerprint density at radius 3 is 2.13 bits per heavy atom. The molecule has 0 bridgehead atoms. The molecule has 9 nitrogen and oxygen atoms in total. The number of esters is 1. The van der Waals surface area contributed by atoms with Crippen LogP contribution in [0.4, 0.5) is 11.4 Å². The van der Waals surface area contributed by atoms with E-state index < -0.39 is 27.2 Å². The molecule has 0 amide bonds. The Hall–Kier alpha value is -2.55. The average molecular weight is 324 g/mol. The molecule has 2 rings (SSSR count). The van der Waals surface area contributed by atoms with Crippen LogP contribution >= 0.6 is 0 Å². The molecule has 9 heteroatoms. The third-order valence-corrected chi connectivity index (χ3v) is 3.81. The van der Waals surface area contributed by atoms with Gasteiger partial charge in [0.05, 0.1) is 34.6 Å². The van der Waals surface area contributed by atoms with Crippen LogP contribution in [0.2, 0.25) is 0 Å². The summed E-state index contributed by atoms with van der Waals surface area (Å²) in [5, 5.41) is 21.6. The highest BCUT2D eigenvalue weighted by atomic mass is 16.6. The first-order valence-corrected chi connectivity index (χ1v) is 7.42. The molecule has 124 valence electrons. The van der Waals surface area contributed by atoms with Crippen molar-refractivity contribution in [2.75, 3.05) is 26.2 Å². The number of carbonyl (C=O) groups excluding carboxylic acids is 1. The van der Waals surface area contributed by atoms with Gasteiger partial charge >= 0.3 is 5.97 Å². The van der Waals surface area contributed by atoms with Crippen molar-refractivity contribution in [3.63, 3.8) is 0 Å². The minimum Gasteiger partial charge on any atom is -0.456 e. The fourth-order valence-electron chi connectivity index (χ4n) is 2.60. The van der Waals surface area contributed by atoms with Crippen molar-refractivity contribution in [2.45, 2.75) is 19.3 Å². The molecule has 0 radical (unpaired) electrons. The lowest BCUT2D eigenvalue weighted by atomic mass is 10.1. The Morgan fingerprint density at radius 1 is 1.04 bits per heavy atom. The molecule has 23 heavy (non-hydrogen) atoms. The lowest BCUT2D eigenvalue weighted by molar-refractivity contribution is -0.905. The maximum absolute atomic E-state index is 12.0. The van der Waals surface area contributed by atoms with Crippen LogP contribution in [0.5, 0.6) is 0 Å². The molecule has 0 aromatic heterocycles. The summed E-state index contributed by atoms with van der Waals surface area (Å²) in [6.07, 6.45) is 3.53. The van der Waals surface area contributed by atoms with E-state index >= 15 is 0 Å². The van der Waals surface area contributed by atoms with Gasteiger partial charge in [-0.3, -0.25) is 20.2 Å². The van der Waals surface area contributed by atoms with E-state index in [1.54, 1.807) is 0 Å². The molecular weight excluding hydrogens is 306 g/mol. The van der Waals surface area contributed by atoms with Crippen LogP contribution in [0, 0.1) is 20.2 Å². The molecule has 1 aliphatic rings. The molecule has 0 unspecified atom stereocenters. The summed E-state index contributed by atoms with van der Waals surface area (Å²) in [5.41, 5.74) is -1.19. The number of quaternary nitrogens is 1. The van der Waals surface area contributed by atoms with Crippen LogP contribution in [0.1, 0.15) is 29.6 Å². The first-order chi connectivity index (χ1) is 11.0. The second-order valence-corrected chi connectivity index (χ2v) is 5.45.